The van der Waals surface area contributed by atoms with Gasteiger partial charge in [0.05, 0.1) is 6.10 Å². The van der Waals surface area contributed by atoms with Crippen molar-refractivity contribution in [2.75, 3.05) is 25.5 Å². The Balaban J connectivity index is 2.20. The number of likely N-dealkylation sites (N-methyl/N-ethyl adjacent to an activating group) is 1. The number of nitrogens with one attached hydrogen (secondary N) is 2. The van der Waals surface area contributed by atoms with Gasteiger partial charge in [-0.2, -0.15) is 0 Å². The molecule has 1 aromatic carbocycles. The number of benzene rings is 1. The highest BCUT2D eigenvalue weighted by molar-refractivity contribution is 5.54. The first-order chi connectivity index (χ1) is 7.31. The largest absolute Gasteiger partial charge is 0.387 e. The lowest BCUT2D eigenvalue weighted by Gasteiger charge is -2.20. The van der Waals surface area contributed by atoms with E-state index in [1.807, 2.05) is 13.1 Å². The number of anilines is 1. The van der Waals surface area contributed by atoms with Gasteiger partial charge in [0.1, 0.15) is 0 Å². The van der Waals surface area contributed by atoms with Crippen molar-refractivity contribution in [1.82, 2.24) is 5.32 Å². The average molecular weight is 206 g/mol. The normalized spacial score (nSPS) is 16.7. The summed E-state index contributed by atoms with van der Waals surface area (Å²) in [6.07, 6.45) is 1.89. The Kier molecular flexibility index (Phi) is 3.23. The number of fused-ring (bicyclic) bond motifs is 1. The van der Waals surface area contributed by atoms with E-state index in [1.165, 1.54) is 17.7 Å². The molecule has 3 N–H and O–H groups in total. The van der Waals surface area contributed by atoms with Crippen LogP contribution in [0.25, 0.3) is 0 Å². The molecular weight excluding hydrogens is 188 g/mol. The molecule has 0 aliphatic carbocycles. The molecule has 1 atom stereocenters. The van der Waals surface area contributed by atoms with Crippen LogP contribution in [0.2, 0.25) is 0 Å². The minimum atomic E-state index is -0.401. The minimum absolute atomic E-state index is 0.401. The molecule has 1 aliphatic rings. The highest BCUT2D eigenvalue weighted by Gasteiger charge is 2.12. The third kappa shape index (κ3) is 2.30. The molecule has 1 heterocycles. The Hall–Kier alpha value is -1.06. The second-order valence-electron chi connectivity index (χ2n) is 4.02. The Labute approximate surface area is 90.5 Å². The van der Waals surface area contributed by atoms with E-state index < -0.39 is 6.10 Å². The predicted octanol–water partition coefficient (Wildman–Crippen LogP) is 1.30. The number of aliphatic hydroxyl groups excluding tert-OH is 1. The number of aryl methyl sites for hydroxylation is 1. The van der Waals surface area contributed by atoms with Crippen molar-refractivity contribution >= 4 is 5.69 Å². The molecule has 1 aliphatic heterocycles. The van der Waals surface area contributed by atoms with Gasteiger partial charge >= 0.3 is 0 Å². The van der Waals surface area contributed by atoms with Gasteiger partial charge in [-0.25, -0.2) is 0 Å². The quantitative estimate of drug-likeness (QED) is 0.698. The van der Waals surface area contributed by atoms with E-state index in [4.69, 9.17) is 0 Å². The van der Waals surface area contributed by atoms with Gasteiger partial charge in [-0.1, -0.05) is 12.1 Å². The fraction of sp³-hybridized carbons (Fsp3) is 0.500. The molecule has 2 rings (SSSR count). The molecule has 0 spiro atoms. The van der Waals surface area contributed by atoms with E-state index in [-0.39, 0.29) is 0 Å². The van der Waals surface area contributed by atoms with Crippen molar-refractivity contribution in [3.8, 4) is 0 Å². The summed E-state index contributed by atoms with van der Waals surface area (Å²) in [7, 11) is 1.85. The molecular formula is C12H18N2O. The fourth-order valence-corrected chi connectivity index (χ4v) is 2.01. The van der Waals surface area contributed by atoms with Crippen LogP contribution in [0.1, 0.15) is 23.7 Å². The number of hydrogen-bond acceptors (Lipinski definition) is 3. The Morgan fingerprint density at radius 1 is 1.53 bits per heavy atom. The summed E-state index contributed by atoms with van der Waals surface area (Å²) in [5.41, 5.74) is 3.56. The third-order valence-electron chi connectivity index (χ3n) is 2.85. The van der Waals surface area contributed by atoms with Gasteiger partial charge in [-0.15, -0.1) is 0 Å². The lowest BCUT2D eigenvalue weighted by Crippen LogP contribution is -2.18. The molecule has 15 heavy (non-hydrogen) atoms. The Morgan fingerprint density at radius 2 is 2.40 bits per heavy atom. The molecule has 82 valence electrons. The molecule has 1 aromatic rings. The van der Waals surface area contributed by atoms with Crippen molar-refractivity contribution in [2.24, 2.45) is 0 Å². The van der Waals surface area contributed by atoms with Gasteiger partial charge in [0.25, 0.3) is 0 Å². The number of aliphatic hydroxyl groups is 1. The molecule has 0 saturated heterocycles. The fourth-order valence-electron chi connectivity index (χ4n) is 2.01. The second-order valence-corrected chi connectivity index (χ2v) is 4.02. The summed E-state index contributed by atoms with van der Waals surface area (Å²) in [6.45, 7) is 1.66. The van der Waals surface area contributed by atoms with Crippen molar-refractivity contribution in [2.45, 2.75) is 18.9 Å². The Bertz CT molecular complexity index is 338. The van der Waals surface area contributed by atoms with Crippen LogP contribution in [0.3, 0.4) is 0 Å². The maximum Gasteiger partial charge on any atom is 0.0914 e. The van der Waals surface area contributed by atoms with Gasteiger partial charge in [0, 0.05) is 18.8 Å². The standard InChI is InChI=1S/C12H18N2O/c1-13-8-12(15)10-4-5-11-9(7-10)3-2-6-14-11/h4-5,7,12-15H,2-3,6,8H2,1H3. The summed E-state index contributed by atoms with van der Waals surface area (Å²) >= 11 is 0. The van der Waals surface area contributed by atoms with E-state index >= 15 is 0 Å². The van der Waals surface area contributed by atoms with E-state index in [0.29, 0.717) is 6.54 Å². The van der Waals surface area contributed by atoms with Crippen molar-refractivity contribution in [1.29, 1.82) is 0 Å². The molecule has 3 nitrogen and oxygen atoms in total. The Morgan fingerprint density at radius 3 is 3.20 bits per heavy atom. The number of hydrogen-bond donors (Lipinski definition) is 3. The lowest BCUT2D eigenvalue weighted by atomic mass is 9.98. The van der Waals surface area contributed by atoms with Gasteiger partial charge in [-0.3, -0.25) is 0 Å². The zero-order valence-electron chi connectivity index (χ0n) is 9.09. The van der Waals surface area contributed by atoms with Crippen LogP contribution < -0.4 is 10.6 Å². The molecule has 0 fully saturated rings. The molecule has 0 bridgehead atoms. The number of rotatable bonds is 3. The SMILES string of the molecule is CNCC(O)c1ccc2c(c1)CCCN2. The van der Waals surface area contributed by atoms with Gasteiger partial charge < -0.3 is 15.7 Å². The van der Waals surface area contributed by atoms with Gasteiger partial charge in [-0.05, 0) is 37.1 Å². The van der Waals surface area contributed by atoms with Crippen molar-refractivity contribution in [3.63, 3.8) is 0 Å². The highest BCUT2D eigenvalue weighted by Crippen LogP contribution is 2.25. The summed E-state index contributed by atoms with van der Waals surface area (Å²) in [5, 5.41) is 16.2. The maximum atomic E-state index is 9.84. The van der Waals surface area contributed by atoms with Crippen LogP contribution in [0.4, 0.5) is 5.69 Å². The topological polar surface area (TPSA) is 44.3 Å². The first-order valence-electron chi connectivity index (χ1n) is 5.50. The van der Waals surface area contributed by atoms with Crippen LogP contribution in [0, 0.1) is 0 Å². The van der Waals surface area contributed by atoms with E-state index in [2.05, 4.69) is 22.8 Å². The van der Waals surface area contributed by atoms with Gasteiger partial charge in [0.15, 0.2) is 0 Å². The maximum absolute atomic E-state index is 9.84. The molecule has 0 radical (unpaired) electrons. The summed E-state index contributed by atoms with van der Waals surface area (Å²) < 4.78 is 0. The molecule has 0 amide bonds. The van der Waals surface area contributed by atoms with Crippen molar-refractivity contribution < 1.29 is 5.11 Å². The zero-order chi connectivity index (χ0) is 10.7. The predicted molar refractivity (Wildman–Crippen MR) is 62.1 cm³/mol. The van der Waals surface area contributed by atoms with Crippen LogP contribution in [0.15, 0.2) is 18.2 Å². The van der Waals surface area contributed by atoms with Crippen molar-refractivity contribution in [3.05, 3.63) is 29.3 Å². The monoisotopic (exact) mass is 206 g/mol. The first kappa shape index (κ1) is 10.5. The molecule has 3 heteroatoms. The minimum Gasteiger partial charge on any atom is -0.387 e. The smallest absolute Gasteiger partial charge is 0.0914 e. The highest BCUT2D eigenvalue weighted by atomic mass is 16.3. The third-order valence-corrected chi connectivity index (χ3v) is 2.85. The van der Waals surface area contributed by atoms with E-state index in [0.717, 1.165) is 18.5 Å². The lowest BCUT2D eigenvalue weighted by molar-refractivity contribution is 0.177. The van der Waals surface area contributed by atoms with Crippen LogP contribution in [0.5, 0.6) is 0 Å². The molecule has 0 saturated carbocycles. The molecule has 1 unspecified atom stereocenters. The molecule has 0 aromatic heterocycles. The van der Waals surface area contributed by atoms with Crippen LogP contribution in [-0.4, -0.2) is 25.2 Å². The van der Waals surface area contributed by atoms with Crippen LogP contribution >= 0.6 is 0 Å². The van der Waals surface area contributed by atoms with Gasteiger partial charge in [0.2, 0.25) is 0 Å². The summed E-state index contributed by atoms with van der Waals surface area (Å²) in [6, 6.07) is 6.19. The second kappa shape index (κ2) is 4.64. The average Bonchev–Trinajstić information content (AvgIpc) is 2.29. The van der Waals surface area contributed by atoms with E-state index in [9.17, 15) is 5.11 Å². The summed E-state index contributed by atoms with van der Waals surface area (Å²) in [5.74, 6) is 0. The zero-order valence-corrected chi connectivity index (χ0v) is 9.09. The van der Waals surface area contributed by atoms with E-state index in [1.54, 1.807) is 0 Å². The first-order valence-corrected chi connectivity index (χ1v) is 5.50. The van der Waals surface area contributed by atoms with Crippen LogP contribution in [-0.2, 0) is 6.42 Å². The summed E-state index contributed by atoms with van der Waals surface area (Å²) in [4.78, 5) is 0.